The van der Waals surface area contributed by atoms with Crippen LogP contribution in [0, 0.1) is 10.1 Å². The van der Waals surface area contributed by atoms with Crippen LogP contribution >= 0.6 is 0 Å². The van der Waals surface area contributed by atoms with Gasteiger partial charge in [0.2, 0.25) is 10.0 Å². The maximum atomic E-state index is 11.6. The van der Waals surface area contributed by atoms with Gasteiger partial charge in [-0.25, -0.2) is 8.42 Å². The first-order valence-corrected chi connectivity index (χ1v) is 8.63. The second-order valence-electron chi connectivity index (χ2n) is 5.21. The van der Waals surface area contributed by atoms with Gasteiger partial charge in [-0.05, 0) is 31.4 Å². The Labute approximate surface area is 124 Å². The second-order valence-corrected chi connectivity index (χ2v) is 7.22. The van der Waals surface area contributed by atoms with Crippen molar-refractivity contribution >= 4 is 27.1 Å². The summed E-state index contributed by atoms with van der Waals surface area (Å²) >= 11 is 0. The first-order valence-electron chi connectivity index (χ1n) is 6.78. The Morgan fingerprint density at radius 2 is 1.86 bits per heavy atom. The number of rotatable bonds is 4. The summed E-state index contributed by atoms with van der Waals surface area (Å²) in [6.45, 7) is 1.51. The Kier molecular flexibility index (Phi) is 4.36. The fourth-order valence-electron chi connectivity index (χ4n) is 2.44. The van der Waals surface area contributed by atoms with E-state index in [1.807, 2.05) is 4.90 Å². The summed E-state index contributed by atoms with van der Waals surface area (Å²) in [6, 6.07) is 4.43. The van der Waals surface area contributed by atoms with Crippen LogP contribution in [-0.2, 0) is 10.0 Å². The molecule has 7 nitrogen and oxygen atoms in total. The van der Waals surface area contributed by atoms with E-state index in [1.165, 1.54) is 19.2 Å². The highest BCUT2D eigenvalue weighted by atomic mass is 32.2. The molecule has 0 saturated carbocycles. The van der Waals surface area contributed by atoms with Gasteiger partial charge in [0.15, 0.2) is 0 Å². The number of hydrogen-bond donors (Lipinski definition) is 0. The zero-order chi connectivity index (χ0) is 15.6. The van der Waals surface area contributed by atoms with E-state index in [2.05, 4.69) is 0 Å². The predicted molar refractivity (Wildman–Crippen MR) is 82.4 cm³/mol. The summed E-state index contributed by atoms with van der Waals surface area (Å²) in [5.41, 5.74) is 0.943. The lowest BCUT2D eigenvalue weighted by Crippen LogP contribution is -2.30. The average Bonchev–Trinajstić information content (AvgIpc) is 2.45. The highest BCUT2D eigenvalue weighted by Crippen LogP contribution is 2.34. The van der Waals surface area contributed by atoms with Crippen LogP contribution in [0.2, 0.25) is 0 Å². The van der Waals surface area contributed by atoms with E-state index in [0.29, 0.717) is 11.4 Å². The minimum Gasteiger partial charge on any atom is -0.366 e. The van der Waals surface area contributed by atoms with E-state index < -0.39 is 14.9 Å². The highest BCUT2D eigenvalue weighted by molar-refractivity contribution is 7.92. The smallest absolute Gasteiger partial charge is 0.292 e. The topological polar surface area (TPSA) is 83.8 Å². The number of piperidine rings is 1. The highest BCUT2D eigenvalue weighted by Gasteiger charge is 2.23. The van der Waals surface area contributed by atoms with E-state index in [9.17, 15) is 18.5 Å². The zero-order valence-corrected chi connectivity index (χ0v) is 13.0. The van der Waals surface area contributed by atoms with E-state index in [1.54, 1.807) is 6.07 Å². The van der Waals surface area contributed by atoms with E-state index in [0.717, 1.165) is 42.9 Å². The van der Waals surface area contributed by atoms with Gasteiger partial charge in [0.05, 0.1) is 16.9 Å². The SMILES string of the molecule is CN(c1ccc([N+](=O)[O-])c(N2CCCCC2)c1)S(C)(=O)=O. The third-order valence-electron chi connectivity index (χ3n) is 3.71. The molecule has 0 amide bonds. The van der Waals surface area contributed by atoms with Crippen LogP contribution in [0.5, 0.6) is 0 Å². The van der Waals surface area contributed by atoms with Crippen LogP contribution in [0.25, 0.3) is 0 Å². The van der Waals surface area contributed by atoms with E-state index in [4.69, 9.17) is 0 Å². The summed E-state index contributed by atoms with van der Waals surface area (Å²) in [5, 5.41) is 11.2. The van der Waals surface area contributed by atoms with Crippen molar-refractivity contribution in [2.75, 3.05) is 35.6 Å². The fourth-order valence-corrected chi connectivity index (χ4v) is 2.94. The number of sulfonamides is 1. The molecule has 1 aromatic rings. The van der Waals surface area contributed by atoms with Gasteiger partial charge in [-0.15, -0.1) is 0 Å². The summed E-state index contributed by atoms with van der Waals surface area (Å²) in [5.74, 6) is 0. The molecule has 0 aliphatic carbocycles. The van der Waals surface area contributed by atoms with Crippen molar-refractivity contribution in [3.05, 3.63) is 28.3 Å². The number of nitro groups is 1. The maximum Gasteiger partial charge on any atom is 0.292 e. The molecule has 8 heteroatoms. The first-order chi connectivity index (χ1) is 9.80. The molecule has 1 aliphatic rings. The summed E-state index contributed by atoms with van der Waals surface area (Å²) in [6.07, 6.45) is 4.20. The number of hydrogen-bond acceptors (Lipinski definition) is 5. The fraction of sp³-hybridized carbons (Fsp3) is 0.538. The van der Waals surface area contributed by atoms with Crippen LogP contribution < -0.4 is 9.21 Å². The van der Waals surface area contributed by atoms with Gasteiger partial charge in [0.1, 0.15) is 5.69 Å². The molecule has 1 saturated heterocycles. The standard InChI is InChI=1S/C13H19N3O4S/c1-14(21(2,19)20)11-6-7-12(16(17)18)13(10-11)15-8-4-3-5-9-15/h6-7,10H,3-5,8-9H2,1-2H3. The minimum atomic E-state index is -3.39. The summed E-state index contributed by atoms with van der Waals surface area (Å²) < 4.78 is 24.4. The Bertz CT molecular complexity index is 639. The molecule has 1 fully saturated rings. The lowest BCUT2D eigenvalue weighted by atomic mass is 10.1. The molecule has 0 radical (unpaired) electrons. The molecular formula is C13H19N3O4S. The molecule has 2 rings (SSSR count). The first kappa shape index (κ1) is 15.6. The predicted octanol–water partition coefficient (Wildman–Crippen LogP) is 1.98. The largest absolute Gasteiger partial charge is 0.366 e. The Hall–Kier alpha value is -1.83. The van der Waals surface area contributed by atoms with Gasteiger partial charge in [0.25, 0.3) is 5.69 Å². The molecule has 0 spiro atoms. The van der Waals surface area contributed by atoms with Crippen molar-refractivity contribution in [3.63, 3.8) is 0 Å². The normalized spacial score (nSPS) is 15.8. The van der Waals surface area contributed by atoms with Crippen LogP contribution in [0.4, 0.5) is 17.1 Å². The molecule has 1 aromatic carbocycles. The number of benzene rings is 1. The zero-order valence-electron chi connectivity index (χ0n) is 12.2. The molecule has 21 heavy (non-hydrogen) atoms. The number of nitro benzene ring substituents is 1. The van der Waals surface area contributed by atoms with Gasteiger partial charge >= 0.3 is 0 Å². The molecular weight excluding hydrogens is 294 g/mol. The molecule has 0 unspecified atom stereocenters. The van der Waals surface area contributed by atoms with Crippen molar-refractivity contribution in [2.45, 2.75) is 19.3 Å². The molecule has 0 atom stereocenters. The Morgan fingerprint density at radius 1 is 1.24 bits per heavy atom. The monoisotopic (exact) mass is 313 g/mol. The quantitative estimate of drug-likeness (QED) is 0.627. The number of nitrogens with zero attached hydrogens (tertiary/aromatic N) is 3. The maximum absolute atomic E-state index is 11.6. The molecule has 0 aromatic heterocycles. The van der Waals surface area contributed by atoms with Gasteiger partial charge in [-0.2, -0.15) is 0 Å². The molecule has 0 N–H and O–H groups in total. The van der Waals surface area contributed by atoms with Gasteiger partial charge in [-0.3, -0.25) is 14.4 Å². The third-order valence-corrected chi connectivity index (χ3v) is 4.92. The van der Waals surface area contributed by atoms with Crippen LogP contribution in [0.3, 0.4) is 0 Å². The molecule has 116 valence electrons. The van der Waals surface area contributed by atoms with Gasteiger partial charge < -0.3 is 4.90 Å². The molecule has 0 bridgehead atoms. The van der Waals surface area contributed by atoms with Crippen LogP contribution in [0.15, 0.2) is 18.2 Å². The van der Waals surface area contributed by atoms with Crippen molar-refractivity contribution in [2.24, 2.45) is 0 Å². The van der Waals surface area contributed by atoms with Crippen LogP contribution in [-0.4, -0.2) is 39.7 Å². The molecule has 1 heterocycles. The summed E-state index contributed by atoms with van der Waals surface area (Å²) in [7, 11) is -1.95. The van der Waals surface area contributed by atoms with Crippen molar-refractivity contribution in [1.29, 1.82) is 0 Å². The van der Waals surface area contributed by atoms with E-state index in [-0.39, 0.29) is 5.69 Å². The number of anilines is 2. The average molecular weight is 313 g/mol. The van der Waals surface area contributed by atoms with Gasteiger partial charge in [-0.1, -0.05) is 0 Å². The summed E-state index contributed by atoms with van der Waals surface area (Å²) in [4.78, 5) is 12.7. The van der Waals surface area contributed by atoms with Crippen molar-refractivity contribution < 1.29 is 13.3 Å². The lowest BCUT2D eigenvalue weighted by molar-refractivity contribution is -0.384. The Morgan fingerprint density at radius 3 is 2.38 bits per heavy atom. The minimum absolute atomic E-state index is 0.0163. The molecule has 1 aliphatic heterocycles. The third kappa shape index (κ3) is 3.44. The lowest BCUT2D eigenvalue weighted by Gasteiger charge is -2.29. The van der Waals surface area contributed by atoms with Gasteiger partial charge in [0, 0.05) is 26.2 Å². The van der Waals surface area contributed by atoms with Crippen molar-refractivity contribution in [3.8, 4) is 0 Å². The van der Waals surface area contributed by atoms with E-state index >= 15 is 0 Å². The second kappa shape index (κ2) is 5.88. The Balaban J connectivity index is 2.46. The van der Waals surface area contributed by atoms with Crippen LogP contribution in [0.1, 0.15) is 19.3 Å². The van der Waals surface area contributed by atoms with Crippen molar-refractivity contribution in [1.82, 2.24) is 0 Å².